The van der Waals surface area contributed by atoms with Gasteiger partial charge in [0, 0.05) is 24.0 Å². The summed E-state index contributed by atoms with van der Waals surface area (Å²) >= 11 is 0. The highest BCUT2D eigenvalue weighted by molar-refractivity contribution is 7.91. The lowest BCUT2D eigenvalue weighted by Crippen LogP contribution is -2.46. The highest BCUT2D eigenvalue weighted by atomic mass is 32.2. The molecule has 28 heavy (non-hydrogen) atoms. The lowest BCUT2D eigenvalue weighted by atomic mass is 10.2. The molecule has 0 saturated carbocycles. The molecule has 2 atom stereocenters. The summed E-state index contributed by atoms with van der Waals surface area (Å²) in [6, 6.07) is 1.41. The minimum Gasteiger partial charge on any atom is -0.447 e. The molecule has 2 aromatic heterocycles. The molecule has 1 fully saturated rings. The van der Waals surface area contributed by atoms with Gasteiger partial charge < -0.3 is 9.64 Å². The fourth-order valence-electron chi connectivity index (χ4n) is 3.37. The van der Waals surface area contributed by atoms with Crippen LogP contribution in [0.4, 0.5) is 0 Å². The molecule has 0 radical (unpaired) electrons. The van der Waals surface area contributed by atoms with Crippen LogP contribution in [0, 0.1) is 13.8 Å². The summed E-state index contributed by atoms with van der Waals surface area (Å²) in [7, 11) is -3.13. The first-order valence-electron chi connectivity index (χ1n) is 9.04. The number of ether oxygens (including phenoxy) is 1. The van der Waals surface area contributed by atoms with Gasteiger partial charge in [0.15, 0.2) is 15.9 Å². The largest absolute Gasteiger partial charge is 0.447 e. The lowest BCUT2D eigenvalue weighted by molar-refractivity contribution is -0.141. The van der Waals surface area contributed by atoms with E-state index in [1.807, 2.05) is 13.8 Å². The van der Waals surface area contributed by atoms with Crippen molar-refractivity contribution < 1.29 is 22.7 Å². The van der Waals surface area contributed by atoms with Crippen LogP contribution in [0.2, 0.25) is 0 Å². The van der Waals surface area contributed by atoms with E-state index in [4.69, 9.17) is 4.74 Å². The van der Waals surface area contributed by atoms with Gasteiger partial charge >= 0.3 is 5.97 Å². The van der Waals surface area contributed by atoms with Gasteiger partial charge in [-0.25, -0.2) is 22.7 Å². The first-order chi connectivity index (χ1) is 13.1. The summed E-state index contributed by atoms with van der Waals surface area (Å²) in [6.45, 7) is 7.17. The normalized spacial score (nSPS) is 19.5. The first kappa shape index (κ1) is 20.2. The van der Waals surface area contributed by atoms with Crippen LogP contribution >= 0.6 is 0 Å². The van der Waals surface area contributed by atoms with Crippen molar-refractivity contribution in [3.05, 3.63) is 23.3 Å². The third kappa shape index (κ3) is 3.98. The van der Waals surface area contributed by atoms with Crippen molar-refractivity contribution in [3.8, 4) is 0 Å². The third-order valence-corrected chi connectivity index (χ3v) is 6.46. The lowest BCUT2D eigenvalue weighted by Gasteiger charge is -2.29. The van der Waals surface area contributed by atoms with Crippen molar-refractivity contribution in [1.82, 2.24) is 24.5 Å². The summed E-state index contributed by atoms with van der Waals surface area (Å²) in [5, 5.41) is 4.09. The van der Waals surface area contributed by atoms with E-state index in [1.54, 1.807) is 13.0 Å². The molecule has 1 saturated heterocycles. The first-order valence-corrected chi connectivity index (χ1v) is 10.9. The summed E-state index contributed by atoms with van der Waals surface area (Å²) in [5.41, 5.74) is 1.50. The van der Waals surface area contributed by atoms with E-state index < -0.39 is 33.9 Å². The number of aryl methyl sites for hydroxylation is 2. The molecule has 1 aliphatic heterocycles. The molecule has 0 spiro atoms. The van der Waals surface area contributed by atoms with Crippen molar-refractivity contribution >= 4 is 27.5 Å². The maximum absolute atomic E-state index is 12.7. The SMILES string of the molecule is CCN(C(=O)[C@H](C)OC(=O)c1nc2nc(C)cc(C)n2n1)[C@H]1CCS(=O)(=O)C1. The van der Waals surface area contributed by atoms with Gasteiger partial charge in [-0.05, 0) is 40.2 Å². The molecule has 0 aliphatic carbocycles. The summed E-state index contributed by atoms with van der Waals surface area (Å²) < 4.78 is 30.1. The van der Waals surface area contributed by atoms with Gasteiger partial charge in [0.2, 0.25) is 0 Å². The second-order valence-corrected chi connectivity index (χ2v) is 9.14. The Labute approximate surface area is 162 Å². The van der Waals surface area contributed by atoms with Gasteiger partial charge in [-0.1, -0.05) is 0 Å². The second-order valence-electron chi connectivity index (χ2n) is 6.91. The molecule has 3 rings (SSSR count). The Morgan fingerprint density at radius 2 is 2.07 bits per heavy atom. The van der Waals surface area contributed by atoms with E-state index in [0.717, 1.165) is 11.4 Å². The number of fused-ring (bicyclic) bond motifs is 1. The second kappa shape index (κ2) is 7.46. The number of hydrogen-bond acceptors (Lipinski definition) is 8. The summed E-state index contributed by atoms with van der Waals surface area (Å²) in [5.74, 6) is -1.19. The number of rotatable bonds is 5. The topological polar surface area (TPSA) is 124 Å². The predicted octanol–water partition coefficient (Wildman–Crippen LogP) is 0.322. The predicted molar refractivity (Wildman–Crippen MR) is 99.6 cm³/mol. The van der Waals surface area contributed by atoms with E-state index in [1.165, 1.54) is 16.3 Å². The van der Waals surface area contributed by atoms with Gasteiger partial charge in [-0.3, -0.25) is 4.79 Å². The van der Waals surface area contributed by atoms with Crippen LogP contribution in [0.25, 0.3) is 5.78 Å². The van der Waals surface area contributed by atoms with Crippen molar-refractivity contribution in [2.75, 3.05) is 18.1 Å². The molecular weight excluding hydrogens is 386 g/mol. The van der Waals surface area contributed by atoms with Gasteiger partial charge in [0.1, 0.15) is 0 Å². The van der Waals surface area contributed by atoms with Gasteiger partial charge in [-0.2, -0.15) is 4.98 Å². The fraction of sp³-hybridized carbons (Fsp3) is 0.588. The van der Waals surface area contributed by atoms with Crippen LogP contribution in [0.1, 0.15) is 42.3 Å². The summed E-state index contributed by atoms with van der Waals surface area (Å²) in [6.07, 6.45) is -0.695. The highest BCUT2D eigenvalue weighted by Gasteiger charge is 2.36. The van der Waals surface area contributed by atoms with Crippen molar-refractivity contribution in [2.45, 2.75) is 46.3 Å². The Kier molecular flexibility index (Phi) is 5.37. The van der Waals surface area contributed by atoms with Crippen molar-refractivity contribution in [1.29, 1.82) is 0 Å². The number of aromatic nitrogens is 4. The number of likely N-dealkylation sites (N-methyl/N-ethyl adjacent to an activating group) is 1. The maximum atomic E-state index is 12.7. The minimum atomic E-state index is -3.13. The monoisotopic (exact) mass is 409 g/mol. The molecule has 3 heterocycles. The Hall–Kier alpha value is -2.56. The number of nitrogens with zero attached hydrogens (tertiary/aromatic N) is 5. The van der Waals surface area contributed by atoms with Crippen molar-refractivity contribution in [3.63, 3.8) is 0 Å². The molecule has 0 bridgehead atoms. The quantitative estimate of drug-likeness (QED) is 0.647. The van der Waals surface area contributed by atoms with E-state index >= 15 is 0 Å². The third-order valence-electron chi connectivity index (χ3n) is 4.71. The highest BCUT2D eigenvalue weighted by Crippen LogP contribution is 2.19. The molecular formula is C17H23N5O5S. The molecule has 1 aliphatic rings. The van der Waals surface area contributed by atoms with E-state index in [9.17, 15) is 18.0 Å². The Bertz CT molecular complexity index is 1030. The smallest absolute Gasteiger partial charge is 0.379 e. The molecule has 1 amide bonds. The van der Waals surface area contributed by atoms with Crippen molar-refractivity contribution in [2.24, 2.45) is 0 Å². The number of hydrogen-bond donors (Lipinski definition) is 0. The molecule has 2 aromatic rings. The zero-order chi connectivity index (χ0) is 20.6. The van der Waals surface area contributed by atoms with E-state index in [2.05, 4.69) is 15.1 Å². The van der Waals surface area contributed by atoms with Gasteiger partial charge in [0.05, 0.1) is 11.5 Å². The van der Waals surface area contributed by atoms with Gasteiger partial charge in [0.25, 0.3) is 17.5 Å². The molecule has 10 nitrogen and oxygen atoms in total. The zero-order valence-electron chi connectivity index (χ0n) is 16.2. The molecule has 0 unspecified atom stereocenters. The van der Waals surface area contributed by atoms with Crippen LogP contribution in [0.15, 0.2) is 6.07 Å². The number of carbonyl (C=O) groups is 2. The van der Waals surface area contributed by atoms with E-state index in [-0.39, 0.29) is 23.1 Å². The Morgan fingerprint density at radius 3 is 2.68 bits per heavy atom. The van der Waals surface area contributed by atoms with Crippen LogP contribution < -0.4 is 0 Å². The Morgan fingerprint density at radius 1 is 1.36 bits per heavy atom. The standard InChI is InChI=1S/C17H23N5O5S/c1-5-21(13-6-7-28(25,26)9-13)15(23)12(4)27-16(24)14-19-17-18-10(2)8-11(3)22(17)20-14/h8,12-13H,5-7,9H2,1-4H3/t12-,13-/m0/s1. The number of carbonyl (C=O) groups excluding carboxylic acids is 2. The minimum absolute atomic E-state index is 0.0621. The average molecular weight is 409 g/mol. The van der Waals surface area contributed by atoms with Crippen LogP contribution in [0.3, 0.4) is 0 Å². The van der Waals surface area contributed by atoms with Crippen LogP contribution in [-0.4, -0.2) is 75.0 Å². The van der Waals surface area contributed by atoms with Crippen LogP contribution in [-0.2, 0) is 19.4 Å². The van der Waals surface area contributed by atoms with Gasteiger partial charge in [-0.15, -0.1) is 5.10 Å². The molecule has 11 heteroatoms. The average Bonchev–Trinajstić information content (AvgIpc) is 3.18. The Balaban J connectivity index is 1.72. The zero-order valence-corrected chi connectivity index (χ0v) is 17.1. The summed E-state index contributed by atoms with van der Waals surface area (Å²) in [4.78, 5) is 34.8. The number of amides is 1. The van der Waals surface area contributed by atoms with E-state index in [0.29, 0.717) is 13.0 Å². The molecule has 152 valence electrons. The number of esters is 1. The molecule has 0 N–H and O–H groups in total. The van der Waals surface area contributed by atoms with Crippen LogP contribution in [0.5, 0.6) is 0 Å². The molecule has 0 aromatic carbocycles. The fourth-order valence-corrected chi connectivity index (χ4v) is 5.10. The maximum Gasteiger partial charge on any atom is 0.379 e. The number of sulfone groups is 1.